The summed E-state index contributed by atoms with van der Waals surface area (Å²) in [6.07, 6.45) is -0.590. The molecule has 9 heteroatoms. The summed E-state index contributed by atoms with van der Waals surface area (Å²) in [6, 6.07) is -1.36. The van der Waals surface area contributed by atoms with Crippen LogP contribution in [0.25, 0.3) is 0 Å². The van der Waals surface area contributed by atoms with Gasteiger partial charge in [0.1, 0.15) is 0 Å². The fourth-order valence-corrected chi connectivity index (χ4v) is 2.65. The third-order valence-corrected chi connectivity index (χ3v) is 3.70. The Labute approximate surface area is 133 Å². The molecule has 8 nitrogen and oxygen atoms in total. The van der Waals surface area contributed by atoms with E-state index in [1.807, 2.05) is 6.92 Å². The van der Waals surface area contributed by atoms with Gasteiger partial charge >= 0.3 is 18.4 Å². The number of amides is 3. The van der Waals surface area contributed by atoms with Crippen LogP contribution in [0.4, 0.5) is 9.18 Å². The molecule has 1 fully saturated rings. The minimum Gasteiger partial charge on any atom is -0.462 e. The molecular weight excluding hydrogens is 309 g/mol. The van der Waals surface area contributed by atoms with Crippen molar-refractivity contribution in [3.8, 4) is 0 Å². The van der Waals surface area contributed by atoms with Crippen LogP contribution >= 0.6 is 0 Å². The number of fused-ring (bicyclic) bond motifs is 2. The Morgan fingerprint density at radius 2 is 2.22 bits per heavy atom. The van der Waals surface area contributed by atoms with Gasteiger partial charge in [-0.25, -0.2) is 18.8 Å². The van der Waals surface area contributed by atoms with E-state index in [2.05, 4.69) is 10.1 Å². The van der Waals surface area contributed by atoms with Crippen molar-refractivity contribution >= 4 is 17.9 Å². The molecule has 23 heavy (non-hydrogen) atoms. The van der Waals surface area contributed by atoms with Crippen molar-refractivity contribution in [2.45, 2.75) is 39.2 Å². The summed E-state index contributed by atoms with van der Waals surface area (Å²) < 4.78 is 18.2. The molecule has 0 aliphatic carbocycles. The quantitative estimate of drug-likeness (QED) is 0.561. The molecule has 0 spiro atoms. The molecular formula is C14H20FN3O5. The van der Waals surface area contributed by atoms with Crippen LogP contribution < -0.4 is 5.32 Å². The molecule has 2 bridgehead atoms. The summed E-state index contributed by atoms with van der Waals surface area (Å²) in [7, 11) is 0. The number of carbonyl (C=O) groups is 3. The summed E-state index contributed by atoms with van der Waals surface area (Å²) in [5, 5.41) is 3.50. The number of urea groups is 1. The predicted molar refractivity (Wildman–Crippen MR) is 76.6 cm³/mol. The maximum Gasteiger partial charge on any atom is 0.370 e. The van der Waals surface area contributed by atoms with Crippen LogP contribution in [0.2, 0.25) is 0 Å². The van der Waals surface area contributed by atoms with Crippen LogP contribution in [-0.2, 0) is 19.2 Å². The minimum absolute atomic E-state index is 0.0178. The second-order valence-corrected chi connectivity index (χ2v) is 5.37. The number of halogens is 1. The SMILES string of the molecule is CCOC(=O)[C@H](F)ON1C(=O)N2C[C@H]1C=C(C)[C@H]2CNC(C)=O. The van der Waals surface area contributed by atoms with Gasteiger partial charge in [0.15, 0.2) is 0 Å². The number of nitrogens with one attached hydrogen (secondary N) is 1. The van der Waals surface area contributed by atoms with Gasteiger partial charge < -0.3 is 15.0 Å². The van der Waals surface area contributed by atoms with Gasteiger partial charge in [-0.2, -0.15) is 5.06 Å². The highest BCUT2D eigenvalue weighted by Gasteiger charge is 2.46. The molecule has 0 radical (unpaired) electrons. The molecule has 2 aliphatic rings. The fraction of sp³-hybridized carbons (Fsp3) is 0.643. The fourth-order valence-electron chi connectivity index (χ4n) is 2.65. The maximum atomic E-state index is 13.7. The van der Waals surface area contributed by atoms with Crippen molar-refractivity contribution in [1.82, 2.24) is 15.3 Å². The molecule has 0 aromatic carbocycles. The molecule has 0 aromatic rings. The molecule has 0 aromatic heterocycles. The molecule has 1 N–H and O–H groups in total. The molecule has 0 saturated carbocycles. The number of hydroxylamine groups is 2. The van der Waals surface area contributed by atoms with Crippen LogP contribution in [0, 0.1) is 0 Å². The molecule has 3 amide bonds. The van der Waals surface area contributed by atoms with E-state index in [-0.39, 0.29) is 25.1 Å². The minimum atomic E-state index is -2.36. The first kappa shape index (κ1) is 17.2. The van der Waals surface area contributed by atoms with Crippen LogP contribution in [0.1, 0.15) is 20.8 Å². The molecule has 3 atom stereocenters. The monoisotopic (exact) mass is 329 g/mol. The number of hydrogen-bond donors (Lipinski definition) is 1. The van der Waals surface area contributed by atoms with Gasteiger partial charge in [-0.05, 0) is 13.8 Å². The summed E-state index contributed by atoms with van der Waals surface area (Å²) in [4.78, 5) is 41.0. The highest BCUT2D eigenvalue weighted by atomic mass is 19.1. The Morgan fingerprint density at radius 3 is 2.83 bits per heavy atom. The molecule has 2 aliphatic heterocycles. The maximum absolute atomic E-state index is 13.7. The molecule has 2 heterocycles. The van der Waals surface area contributed by atoms with Crippen molar-refractivity contribution in [2.24, 2.45) is 0 Å². The van der Waals surface area contributed by atoms with E-state index in [0.717, 1.165) is 10.6 Å². The molecule has 128 valence electrons. The summed E-state index contributed by atoms with van der Waals surface area (Å²) in [6.45, 7) is 5.34. The first-order chi connectivity index (χ1) is 10.8. The van der Waals surface area contributed by atoms with E-state index >= 15 is 0 Å². The third kappa shape index (κ3) is 3.61. The van der Waals surface area contributed by atoms with Crippen LogP contribution in [0.15, 0.2) is 11.6 Å². The smallest absolute Gasteiger partial charge is 0.370 e. The normalized spacial score (nSPS) is 24.3. The van der Waals surface area contributed by atoms with Gasteiger partial charge in [-0.15, -0.1) is 0 Å². The van der Waals surface area contributed by atoms with Crippen LogP contribution in [0.3, 0.4) is 0 Å². The van der Waals surface area contributed by atoms with E-state index in [4.69, 9.17) is 4.84 Å². The molecule has 1 saturated heterocycles. The van der Waals surface area contributed by atoms with E-state index in [0.29, 0.717) is 6.54 Å². The van der Waals surface area contributed by atoms with E-state index in [9.17, 15) is 18.8 Å². The number of rotatable bonds is 6. The second-order valence-electron chi connectivity index (χ2n) is 5.37. The lowest BCUT2D eigenvalue weighted by atomic mass is 10.0. The molecule has 0 unspecified atom stereocenters. The van der Waals surface area contributed by atoms with E-state index in [1.165, 1.54) is 11.8 Å². The highest BCUT2D eigenvalue weighted by molar-refractivity contribution is 5.79. The zero-order valence-corrected chi connectivity index (χ0v) is 13.2. The van der Waals surface area contributed by atoms with Crippen molar-refractivity contribution < 1.29 is 28.3 Å². The van der Waals surface area contributed by atoms with Gasteiger partial charge in [-0.3, -0.25) is 4.79 Å². The van der Waals surface area contributed by atoms with Crippen molar-refractivity contribution in [2.75, 3.05) is 19.7 Å². The number of hydrogen-bond acceptors (Lipinski definition) is 5. The lowest BCUT2D eigenvalue weighted by molar-refractivity contribution is -0.223. The summed E-state index contributed by atoms with van der Waals surface area (Å²) in [5.74, 6) is -1.38. The zero-order valence-electron chi connectivity index (χ0n) is 13.2. The Bertz CT molecular complexity index is 539. The van der Waals surface area contributed by atoms with Crippen molar-refractivity contribution in [3.05, 3.63) is 11.6 Å². The van der Waals surface area contributed by atoms with Gasteiger partial charge in [0, 0.05) is 20.0 Å². The molecule has 2 rings (SSSR count). The third-order valence-electron chi connectivity index (χ3n) is 3.70. The van der Waals surface area contributed by atoms with Gasteiger partial charge in [0.2, 0.25) is 5.91 Å². The lowest BCUT2D eigenvalue weighted by Crippen LogP contribution is -2.47. The zero-order chi connectivity index (χ0) is 17.1. The Hall–Kier alpha value is -2.16. The Kier molecular flexibility index (Phi) is 5.19. The van der Waals surface area contributed by atoms with Crippen LogP contribution in [-0.4, -0.2) is 66.0 Å². The number of nitrogens with zero attached hydrogens (tertiary/aromatic N) is 2. The summed E-state index contributed by atoms with van der Waals surface area (Å²) in [5.41, 5.74) is 0.862. The summed E-state index contributed by atoms with van der Waals surface area (Å²) >= 11 is 0. The average molecular weight is 329 g/mol. The highest BCUT2D eigenvalue weighted by Crippen LogP contribution is 2.29. The average Bonchev–Trinajstić information content (AvgIpc) is 2.72. The van der Waals surface area contributed by atoms with Gasteiger partial charge in [0.05, 0.1) is 18.7 Å². The topological polar surface area (TPSA) is 88.2 Å². The van der Waals surface area contributed by atoms with Crippen molar-refractivity contribution in [3.63, 3.8) is 0 Å². The van der Waals surface area contributed by atoms with Crippen molar-refractivity contribution in [1.29, 1.82) is 0 Å². The number of carbonyl (C=O) groups excluding carboxylic acids is 3. The largest absolute Gasteiger partial charge is 0.462 e. The van der Waals surface area contributed by atoms with Gasteiger partial charge in [0.25, 0.3) is 0 Å². The van der Waals surface area contributed by atoms with E-state index in [1.54, 1.807) is 13.0 Å². The first-order valence-electron chi connectivity index (χ1n) is 7.35. The number of esters is 1. The van der Waals surface area contributed by atoms with Crippen LogP contribution in [0.5, 0.6) is 0 Å². The standard InChI is InChI=1S/C14H20FN3O5/c1-4-22-13(20)12(15)23-18-10-5-8(2)11(6-16-9(3)19)17(7-10)14(18)21/h5,10-12H,4,6-7H2,1-3H3,(H,16,19)/t10-,11-,12-/m1/s1. The lowest BCUT2D eigenvalue weighted by Gasteiger charge is -2.30. The van der Waals surface area contributed by atoms with Gasteiger partial charge in [-0.1, -0.05) is 11.6 Å². The number of alkyl halides is 1. The predicted octanol–water partition coefficient (Wildman–Crippen LogP) is 0.347. The Morgan fingerprint density at radius 1 is 1.52 bits per heavy atom. The first-order valence-corrected chi connectivity index (χ1v) is 7.35. The second kappa shape index (κ2) is 6.95. The Balaban J connectivity index is 2.06. The number of ether oxygens (including phenoxy) is 1. The van der Waals surface area contributed by atoms with E-state index < -0.39 is 24.4 Å².